The summed E-state index contributed by atoms with van der Waals surface area (Å²) in [5.74, 6) is -0.194. The van der Waals surface area contributed by atoms with Crippen LogP contribution >= 0.6 is 11.3 Å². The molecule has 1 aliphatic carbocycles. The predicted molar refractivity (Wildman–Crippen MR) is 76.9 cm³/mol. The van der Waals surface area contributed by atoms with Crippen molar-refractivity contribution in [1.82, 2.24) is 10.3 Å². The number of carbonyl (C=O) groups is 1. The monoisotopic (exact) mass is 320 g/mol. The number of amides is 1. The molecule has 118 valence electrons. The molecular formula is C12H18F2N4O2S. The second-order valence-electron chi connectivity index (χ2n) is 4.73. The Morgan fingerprint density at radius 2 is 2.29 bits per heavy atom. The Hall–Kier alpha value is -1.48. The summed E-state index contributed by atoms with van der Waals surface area (Å²) in [6, 6.07) is 0.411. The van der Waals surface area contributed by atoms with Gasteiger partial charge in [-0.15, -0.1) is 0 Å². The molecule has 0 saturated heterocycles. The van der Waals surface area contributed by atoms with Crippen LogP contribution in [0, 0.1) is 0 Å². The van der Waals surface area contributed by atoms with Gasteiger partial charge in [0, 0.05) is 12.6 Å². The number of hydrogen-bond donors (Lipinski definition) is 3. The Balaban J connectivity index is 1.76. The number of anilines is 2. The third-order valence-corrected chi connectivity index (χ3v) is 4.07. The van der Waals surface area contributed by atoms with Gasteiger partial charge in [-0.1, -0.05) is 11.3 Å². The minimum absolute atomic E-state index is 0.0297. The van der Waals surface area contributed by atoms with Crippen molar-refractivity contribution in [2.45, 2.75) is 31.7 Å². The van der Waals surface area contributed by atoms with E-state index in [9.17, 15) is 13.6 Å². The molecule has 1 aromatic heterocycles. The number of thiazole rings is 1. The molecule has 0 bridgehead atoms. The van der Waals surface area contributed by atoms with Crippen LogP contribution in [0.4, 0.5) is 19.7 Å². The number of nitrogen functional groups attached to an aromatic ring is 1. The molecule has 0 spiro atoms. The first-order chi connectivity index (χ1) is 10.1. The summed E-state index contributed by atoms with van der Waals surface area (Å²) in [4.78, 5) is 16.3. The smallest absolute Gasteiger partial charge is 0.265 e. The van der Waals surface area contributed by atoms with Crippen LogP contribution < -0.4 is 16.4 Å². The maximum absolute atomic E-state index is 11.9. The van der Waals surface area contributed by atoms with Crippen molar-refractivity contribution >= 4 is 28.2 Å². The van der Waals surface area contributed by atoms with Crippen LogP contribution in [0.15, 0.2) is 0 Å². The minimum Gasteiger partial charge on any atom is -0.382 e. The molecular weight excluding hydrogens is 302 g/mol. The molecule has 1 heterocycles. The summed E-state index contributed by atoms with van der Waals surface area (Å²) in [5, 5.41) is 6.42. The second-order valence-corrected chi connectivity index (χ2v) is 5.73. The second kappa shape index (κ2) is 7.51. The number of halogens is 2. The van der Waals surface area contributed by atoms with Crippen LogP contribution in [0.25, 0.3) is 0 Å². The van der Waals surface area contributed by atoms with Crippen molar-refractivity contribution in [1.29, 1.82) is 0 Å². The zero-order valence-corrected chi connectivity index (χ0v) is 12.2. The number of nitrogens with zero attached hydrogens (tertiary/aromatic N) is 1. The minimum atomic E-state index is -2.50. The van der Waals surface area contributed by atoms with E-state index >= 15 is 0 Å². The average molecular weight is 320 g/mol. The van der Waals surface area contributed by atoms with Crippen LogP contribution in [0.2, 0.25) is 0 Å². The first-order valence-electron chi connectivity index (χ1n) is 6.73. The summed E-state index contributed by atoms with van der Waals surface area (Å²) in [5.41, 5.74) is 5.72. The lowest BCUT2D eigenvalue weighted by Crippen LogP contribution is -2.27. The van der Waals surface area contributed by atoms with E-state index in [2.05, 4.69) is 20.4 Å². The van der Waals surface area contributed by atoms with Crippen molar-refractivity contribution in [3.8, 4) is 0 Å². The molecule has 21 heavy (non-hydrogen) atoms. The van der Waals surface area contributed by atoms with Crippen molar-refractivity contribution in [3.05, 3.63) is 4.88 Å². The van der Waals surface area contributed by atoms with E-state index in [1.165, 1.54) is 17.8 Å². The summed E-state index contributed by atoms with van der Waals surface area (Å²) < 4.78 is 28.3. The number of ether oxygens (including phenoxy) is 1. The Bertz CT molecular complexity index is 480. The van der Waals surface area contributed by atoms with Gasteiger partial charge in [0.1, 0.15) is 17.3 Å². The molecule has 4 N–H and O–H groups in total. The molecule has 0 aromatic carbocycles. The Labute approximate surface area is 125 Å². The third kappa shape index (κ3) is 4.78. The molecule has 9 heteroatoms. The van der Waals surface area contributed by atoms with E-state index in [1.54, 1.807) is 0 Å². The lowest BCUT2D eigenvalue weighted by molar-refractivity contribution is 0.0188. The molecule has 2 rings (SSSR count). The number of nitrogens with one attached hydrogen (secondary N) is 2. The fourth-order valence-corrected chi connectivity index (χ4v) is 2.65. The van der Waals surface area contributed by atoms with Gasteiger partial charge in [0.2, 0.25) is 0 Å². The number of nitrogens with two attached hydrogens (primary N) is 1. The largest absolute Gasteiger partial charge is 0.382 e. The topological polar surface area (TPSA) is 89.3 Å². The van der Waals surface area contributed by atoms with Gasteiger partial charge in [0.15, 0.2) is 5.13 Å². The van der Waals surface area contributed by atoms with Gasteiger partial charge in [-0.25, -0.2) is 13.8 Å². The van der Waals surface area contributed by atoms with Gasteiger partial charge < -0.3 is 21.1 Å². The van der Waals surface area contributed by atoms with E-state index in [0.29, 0.717) is 16.1 Å². The SMILES string of the molecule is Nc1nc(NC2CCC2)sc1C(=O)NCCOCC(F)F. The number of aromatic nitrogens is 1. The number of carbonyl (C=O) groups excluding carboxylic acids is 1. The van der Waals surface area contributed by atoms with Crippen LogP contribution in [-0.2, 0) is 4.74 Å². The first kappa shape index (κ1) is 15.9. The lowest BCUT2D eigenvalue weighted by atomic mass is 9.93. The summed E-state index contributed by atoms with van der Waals surface area (Å²) in [6.07, 6.45) is 0.896. The molecule has 6 nitrogen and oxygen atoms in total. The summed E-state index contributed by atoms with van der Waals surface area (Å²) in [7, 11) is 0. The highest BCUT2D eigenvalue weighted by Gasteiger charge is 2.21. The van der Waals surface area contributed by atoms with E-state index in [4.69, 9.17) is 5.73 Å². The maximum Gasteiger partial charge on any atom is 0.265 e. The molecule has 1 amide bonds. The molecule has 0 atom stereocenters. The van der Waals surface area contributed by atoms with Gasteiger partial charge >= 0.3 is 0 Å². The standard InChI is InChI=1S/C12H18F2N4O2S/c13-8(14)6-20-5-4-16-11(19)9-10(15)18-12(21-9)17-7-2-1-3-7/h7-8H,1-6,15H2,(H,16,19)(H,17,18). The molecule has 0 radical (unpaired) electrons. The summed E-state index contributed by atoms with van der Waals surface area (Å²) in [6.45, 7) is -0.454. The van der Waals surface area contributed by atoms with Crippen molar-refractivity contribution < 1.29 is 18.3 Å². The normalized spacial score (nSPS) is 15.0. The van der Waals surface area contributed by atoms with Crippen molar-refractivity contribution in [3.63, 3.8) is 0 Å². The number of rotatable bonds is 8. The molecule has 1 saturated carbocycles. The lowest BCUT2D eigenvalue weighted by Gasteiger charge is -2.25. The first-order valence-corrected chi connectivity index (χ1v) is 7.55. The van der Waals surface area contributed by atoms with Crippen LogP contribution in [0.5, 0.6) is 0 Å². The highest BCUT2D eigenvalue weighted by molar-refractivity contribution is 7.18. The Kier molecular flexibility index (Phi) is 5.68. The number of hydrogen-bond acceptors (Lipinski definition) is 6. The quantitative estimate of drug-likeness (QED) is 0.634. The van der Waals surface area contributed by atoms with Gasteiger partial charge in [0.25, 0.3) is 12.3 Å². The zero-order valence-electron chi connectivity index (χ0n) is 11.4. The fraction of sp³-hybridized carbons (Fsp3) is 0.667. The predicted octanol–water partition coefficient (Wildman–Crippen LogP) is 1.70. The molecule has 0 aliphatic heterocycles. The van der Waals surface area contributed by atoms with Crippen molar-refractivity contribution in [2.75, 3.05) is 30.8 Å². The highest BCUT2D eigenvalue weighted by atomic mass is 32.1. The summed E-state index contributed by atoms with van der Waals surface area (Å²) >= 11 is 1.19. The molecule has 1 fully saturated rings. The van der Waals surface area contributed by atoms with Gasteiger partial charge in [-0.2, -0.15) is 0 Å². The maximum atomic E-state index is 11.9. The van der Waals surface area contributed by atoms with E-state index in [1.807, 2.05) is 0 Å². The fourth-order valence-electron chi connectivity index (χ4n) is 1.77. The zero-order chi connectivity index (χ0) is 15.2. The average Bonchev–Trinajstić information content (AvgIpc) is 2.74. The highest BCUT2D eigenvalue weighted by Crippen LogP contribution is 2.29. The Morgan fingerprint density at radius 1 is 1.52 bits per heavy atom. The van der Waals surface area contributed by atoms with Crippen LogP contribution in [0.1, 0.15) is 28.9 Å². The molecule has 0 unspecified atom stereocenters. The van der Waals surface area contributed by atoms with Crippen LogP contribution in [0.3, 0.4) is 0 Å². The Morgan fingerprint density at radius 3 is 2.90 bits per heavy atom. The van der Waals surface area contributed by atoms with Crippen LogP contribution in [-0.4, -0.2) is 43.1 Å². The van der Waals surface area contributed by atoms with Crippen molar-refractivity contribution in [2.24, 2.45) is 0 Å². The molecule has 1 aliphatic rings. The third-order valence-electron chi connectivity index (χ3n) is 3.07. The van der Waals surface area contributed by atoms with Gasteiger partial charge in [-0.05, 0) is 19.3 Å². The molecule has 1 aromatic rings. The van der Waals surface area contributed by atoms with E-state index < -0.39 is 13.0 Å². The van der Waals surface area contributed by atoms with Gasteiger partial charge in [0.05, 0.1) is 6.61 Å². The van der Waals surface area contributed by atoms with E-state index in [0.717, 1.165) is 12.8 Å². The number of alkyl halides is 2. The van der Waals surface area contributed by atoms with Gasteiger partial charge in [-0.3, -0.25) is 4.79 Å². The van der Waals surface area contributed by atoms with E-state index in [-0.39, 0.29) is 24.9 Å².